The molecule has 2 fully saturated rings. The Morgan fingerprint density at radius 2 is 1.94 bits per heavy atom. The third kappa shape index (κ3) is 6.57. The summed E-state index contributed by atoms with van der Waals surface area (Å²) in [4.78, 5) is 19.5. The van der Waals surface area contributed by atoms with Crippen molar-refractivity contribution in [2.24, 2.45) is 16.7 Å². The number of sulfonamides is 1. The first-order valence-electron chi connectivity index (χ1n) is 12.9. The molecule has 1 amide bonds. The Hall–Kier alpha value is -1.75. The number of thiazole rings is 1. The fourth-order valence-electron chi connectivity index (χ4n) is 5.85. The van der Waals surface area contributed by atoms with Crippen molar-refractivity contribution in [3.05, 3.63) is 18.2 Å². The Morgan fingerprint density at radius 1 is 1.22 bits per heavy atom. The Bertz CT molecular complexity index is 1180. The van der Waals surface area contributed by atoms with E-state index >= 15 is 0 Å². The summed E-state index contributed by atoms with van der Waals surface area (Å²) in [6.07, 6.45) is 2.82. The van der Waals surface area contributed by atoms with Crippen LogP contribution < -0.4 is 10.1 Å². The monoisotopic (exact) mass is 536 g/mol. The standard InChI is InChI=1S/C26H40N4O4S2/c1-6-34-20-7-8-21-22(13-20)35-24(27-21)28-23(31)14-29-11-9-26(10-12-29)16-25(4,5)17-30(18-26)36(32,33)15-19(2)3/h7-8,13,19H,6,9-12,14-18H2,1-5H3,(H,27,28,31). The number of nitrogens with one attached hydrogen (secondary N) is 1. The fraction of sp³-hybridized carbons (Fsp3) is 0.692. The highest BCUT2D eigenvalue weighted by Crippen LogP contribution is 2.47. The SMILES string of the molecule is CCOc1ccc2nc(NC(=O)CN3CCC4(CC3)CN(S(=O)(=O)CC(C)C)CC(C)(C)C4)sc2c1. The number of aromatic nitrogens is 1. The average Bonchev–Trinajstić information content (AvgIpc) is 3.15. The molecule has 1 N–H and O–H groups in total. The first-order chi connectivity index (χ1) is 16.9. The Kier molecular flexibility index (Phi) is 8.00. The largest absolute Gasteiger partial charge is 0.494 e. The second kappa shape index (κ2) is 10.6. The lowest BCUT2D eigenvalue weighted by Crippen LogP contribution is -2.56. The van der Waals surface area contributed by atoms with Crippen LogP contribution in [0.1, 0.15) is 53.9 Å². The molecule has 1 aromatic heterocycles. The summed E-state index contributed by atoms with van der Waals surface area (Å²) in [6.45, 7) is 13.9. The number of hydrogen-bond donors (Lipinski definition) is 1. The maximum atomic E-state index is 13.1. The highest BCUT2D eigenvalue weighted by atomic mass is 32.2. The number of anilines is 1. The van der Waals surface area contributed by atoms with E-state index in [0.717, 1.165) is 48.3 Å². The summed E-state index contributed by atoms with van der Waals surface area (Å²) in [7, 11) is -3.27. The first-order valence-corrected chi connectivity index (χ1v) is 15.3. The van der Waals surface area contributed by atoms with Crippen LogP contribution in [-0.4, -0.2) is 73.6 Å². The van der Waals surface area contributed by atoms with E-state index in [1.807, 2.05) is 39.0 Å². The Morgan fingerprint density at radius 3 is 2.61 bits per heavy atom. The number of fused-ring (bicyclic) bond motifs is 1. The van der Waals surface area contributed by atoms with E-state index in [9.17, 15) is 13.2 Å². The zero-order valence-electron chi connectivity index (χ0n) is 22.2. The molecule has 0 bridgehead atoms. The second-order valence-corrected chi connectivity index (χ2v) is 14.7. The molecule has 4 rings (SSSR count). The molecule has 0 radical (unpaired) electrons. The van der Waals surface area contributed by atoms with Gasteiger partial charge in [-0.15, -0.1) is 0 Å². The maximum Gasteiger partial charge on any atom is 0.240 e. The lowest BCUT2D eigenvalue weighted by atomic mass is 9.65. The van der Waals surface area contributed by atoms with Crippen LogP contribution in [0.5, 0.6) is 5.75 Å². The van der Waals surface area contributed by atoms with E-state index in [0.29, 0.717) is 31.4 Å². The number of carbonyl (C=O) groups is 1. The van der Waals surface area contributed by atoms with Crippen LogP contribution in [-0.2, 0) is 14.8 Å². The molecule has 2 aliphatic rings. The molecule has 2 aromatic rings. The van der Waals surface area contributed by atoms with Gasteiger partial charge < -0.3 is 10.1 Å². The zero-order valence-corrected chi connectivity index (χ0v) is 23.8. The number of amides is 1. The number of rotatable bonds is 8. The topological polar surface area (TPSA) is 91.8 Å². The number of ether oxygens (including phenoxy) is 1. The van der Waals surface area contributed by atoms with Crippen LogP contribution in [0.2, 0.25) is 0 Å². The minimum atomic E-state index is -3.27. The van der Waals surface area contributed by atoms with Crippen LogP contribution in [0.15, 0.2) is 18.2 Å². The highest BCUT2D eigenvalue weighted by molar-refractivity contribution is 7.89. The summed E-state index contributed by atoms with van der Waals surface area (Å²) in [5, 5.41) is 3.55. The van der Waals surface area contributed by atoms with Crippen LogP contribution in [0.25, 0.3) is 10.2 Å². The highest BCUT2D eigenvalue weighted by Gasteiger charge is 2.47. The first kappa shape index (κ1) is 27.3. The van der Waals surface area contributed by atoms with Crippen molar-refractivity contribution in [3.8, 4) is 5.75 Å². The molecule has 0 unspecified atom stereocenters. The number of piperidine rings is 2. The molecular weight excluding hydrogens is 496 g/mol. The molecule has 36 heavy (non-hydrogen) atoms. The van der Waals surface area contributed by atoms with E-state index in [4.69, 9.17) is 4.74 Å². The molecule has 2 aliphatic heterocycles. The van der Waals surface area contributed by atoms with Gasteiger partial charge in [0.05, 0.1) is 29.1 Å². The summed E-state index contributed by atoms with van der Waals surface area (Å²) in [5.41, 5.74) is 0.761. The van der Waals surface area contributed by atoms with Crippen LogP contribution in [0.4, 0.5) is 5.13 Å². The van der Waals surface area contributed by atoms with Gasteiger partial charge in [-0.3, -0.25) is 9.69 Å². The Balaban J connectivity index is 1.35. The van der Waals surface area contributed by atoms with Crippen molar-refractivity contribution < 1.29 is 17.9 Å². The summed E-state index contributed by atoms with van der Waals surface area (Å²) in [6, 6.07) is 5.75. The summed E-state index contributed by atoms with van der Waals surface area (Å²) >= 11 is 1.45. The van der Waals surface area contributed by atoms with Crippen LogP contribution >= 0.6 is 11.3 Å². The van der Waals surface area contributed by atoms with Gasteiger partial charge in [-0.25, -0.2) is 17.7 Å². The normalized spacial score (nSPS) is 20.7. The molecule has 0 saturated carbocycles. The summed E-state index contributed by atoms with van der Waals surface area (Å²) in [5.74, 6) is 1.04. The smallest absolute Gasteiger partial charge is 0.240 e. The van der Waals surface area contributed by atoms with Crippen molar-refractivity contribution in [2.45, 2.75) is 53.9 Å². The third-order valence-electron chi connectivity index (χ3n) is 7.11. The van der Waals surface area contributed by atoms with Crippen LogP contribution in [0.3, 0.4) is 0 Å². The number of likely N-dealkylation sites (tertiary alicyclic amines) is 1. The zero-order chi connectivity index (χ0) is 26.1. The summed E-state index contributed by atoms with van der Waals surface area (Å²) < 4.78 is 34.4. The van der Waals surface area contributed by atoms with Gasteiger partial charge in [0.1, 0.15) is 5.75 Å². The van der Waals surface area contributed by atoms with E-state index in [-0.39, 0.29) is 28.4 Å². The van der Waals surface area contributed by atoms with E-state index in [2.05, 4.69) is 29.0 Å². The minimum Gasteiger partial charge on any atom is -0.494 e. The van der Waals surface area contributed by atoms with Crippen molar-refractivity contribution in [3.63, 3.8) is 0 Å². The number of nitrogens with zero attached hydrogens (tertiary/aromatic N) is 3. The number of carbonyl (C=O) groups excluding carboxylic acids is 1. The van der Waals surface area contributed by atoms with Gasteiger partial charge in [0.25, 0.3) is 0 Å². The second-order valence-electron chi connectivity index (χ2n) is 11.7. The lowest BCUT2D eigenvalue weighted by Gasteiger charge is -2.52. The molecule has 0 atom stereocenters. The molecule has 10 heteroatoms. The molecule has 1 aromatic carbocycles. The molecule has 2 saturated heterocycles. The Labute approximate surface area is 219 Å². The molecule has 200 valence electrons. The van der Waals surface area contributed by atoms with Gasteiger partial charge in [0.15, 0.2) is 5.13 Å². The van der Waals surface area contributed by atoms with E-state index < -0.39 is 10.0 Å². The predicted molar refractivity (Wildman–Crippen MR) is 146 cm³/mol. The average molecular weight is 537 g/mol. The van der Waals surface area contributed by atoms with Gasteiger partial charge in [0.2, 0.25) is 15.9 Å². The van der Waals surface area contributed by atoms with Crippen molar-refractivity contribution in [2.75, 3.05) is 50.4 Å². The van der Waals surface area contributed by atoms with Crippen molar-refractivity contribution in [1.82, 2.24) is 14.2 Å². The van der Waals surface area contributed by atoms with Gasteiger partial charge in [-0.1, -0.05) is 39.0 Å². The van der Waals surface area contributed by atoms with Crippen LogP contribution in [0, 0.1) is 16.7 Å². The fourth-order valence-corrected chi connectivity index (χ4v) is 8.84. The third-order valence-corrected chi connectivity index (χ3v) is 10.2. The van der Waals surface area contributed by atoms with Gasteiger partial charge in [-0.05, 0) is 74.2 Å². The van der Waals surface area contributed by atoms with Crippen molar-refractivity contribution >= 4 is 42.6 Å². The molecular formula is C26H40N4O4S2. The molecule has 0 aliphatic carbocycles. The quantitative estimate of drug-likeness (QED) is 0.537. The minimum absolute atomic E-state index is 0.0237. The number of hydrogen-bond acceptors (Lipinski definition) is 7. The van der Waals surface area contributed by atoms with E-state index in [1.54, 1.807) is 4.31 Å². The maximum absolute atomic E-state index is 13.1. The van der Waals surface area contributed by atoms with Gasteiger partial charge in [-0.2, -0.15) is 0 Å². The number of benzene rings is 1. The molecule has 8 nitrogen and oxygen atoms in total. The van der Waals surface area contributed by atoms with Crippen molar-refractivity contribution in [1.29, 1.82) is 0 Å². The lowest BCUT2D eigenvalue weighted by molar-refractivity contribution is -0.118. The van der Waals surface area contributed by atoms with Gasteiger partial charge >= 0.3 is 0 Å². The van der Waals surface area contributed by atoms with Gasteiger partial charge in [0, 0.05) is 13.1 Å². The van der Waals surface area contributed by atoms with E-state index in [1.165, 1.54) is 11.3 Å². The molecule has 3 heterocycles. The molecule has 1 spiro atoms. The predicted octanol–water partition coefficient (Wildman–Crippen LogP) is 4.43.